The summed E-state index contributed by atoms with van der Waals surface area (Å²) in [7, 11) is 0. The second-order valence-corrected chi connectivity index (χ2v) is 7.39. The number of nitrogens with one attached hydrogen (secondary N) is 1. The van der Waals surface area contributed by atoms with Gasteiger partial charge < -0.3 is 10.2 Å². The first-order valence-corrected chi connectivity index (χ1v) is 10.0. The Balaban J connectivity index is 1.46. The molecule has 1 saturated heterocycles. The van der Waals surface area contributed by atoms with Gasteiger partial charge in [0.15, 0.2) is 0 Å². The van der Waals surface area contributed by atoms with Crippen molar-refractivity contribution in [3.63, 3.8) is 0 Å². The molecule has 2 aliphatic rings. The molecular weight excluding hydrogens is 324 g/mol. The van der Waals surface area contributed by atoms with Gasteiger partial charge in [-0.1, -0.05) is 37.5 Å². The van der Waals surface area contributed by atoms with Crippen LogP contribution in [-0.2, 0) is 19.4 Å². The highest BCUT2D eigenvalue weighted by Crippen LogP contribution is 2.27. The fraction of sp³-hybridized carbons (Fsp3) is 0.524. The molecule has 5 nitrogen and oxygen atoms in total. The number of carbonyl (C=O) groups is 1. The van der Waals surface area contributed by atoms with E-state index in [0.29, 0.717) is 6.54 Å². The van der Waals surface area contributed by atoms with Gasteiger partial charge >= 0.3 is 6.03 Å². The molecule has 1 fully saturated rings. The lowest BCUT2D eigenvalue weighted by Gasteiger charge is -2.24. The molecule has 1 aliphatic carbocycles. The number of benzene rings is 1. The summed E-state index contributed by atoms with van der Waals surface area (Å²) in [6, 6.07) is 10.4. The van der Waals surface area contributed by atoms with Gasteiger partial charge in [0, 0.05) is 18.8 Å². The van der Waals surface area contributed by atoms with Crippen LogP contribution in [0.3, 0.4) is 0 Å². The van der Waals surface area contributed by atoms with E-state index in [9.17, 15) is 4.79 Å². The quantitative estimate of drug-likeness (QED) is 0.912. The zero-order valence-electron chi connectivity index (χ0n) is 15.4. The van der Waals surface area contributed by atoms with Crippen LogP contribution in [0.5, 0.6) is 0 Å². The van der Waals surface area contributed by atoms with Crippen LogP contribution in [-0.4, -0.2) is 33.8 Å². The number of carbonyl (C=O) groups excluding carboxylic acids is 1. The Morgan fingerprint density at radius 1 is 0.962 bits per heavy atom. The predicted molar refractivity (Wildman–Crippen MR) is 102 cm³/mol. The Morgan fingerprint density at radius 3 is 2.46 bits per heavy atom. The third-order valence-corrected chi connectivity index (χ3v) is 5.56. The van der Waals surface area contributed by atoms with Gasteiger partial charge in [0.25, 0.3) is 0 Å². The number of likely N-dealkylation sites (tertiary alicyclic amines) is 1. The van der Waals surface area contributed by atoms with Crippen molar-refractivity contribution in [3.8, 4) is 5.69 Å². The molecule has 5 heteroatoms. The van der Waals surface area contributed by atoms with Crippen molar-refractivity contribution in [2.45, 2.75) is 57.9 Å². The molecule has 1 N–H and O–H groups in total. The van der Waals surface area contributed by atoms with E-state index < -0.39 is 0 Å². The molecule has 1 aliphatic heterocycles. The van der Waals surface area contributed by atoms with Gasteiger partial charge in [0.05, 0.1) is 17.9 Å². The van der Waals surface area contributed by atoms with Crippen molar-refractivity contribution in [3.05, 3.63) is 47.3 Å². The average molecular weight is 352 g/mol. The van der Waals surface area contributed by atoms with Gasteiger partial charge in [-0.15, -0.1) is 0 Å². The predicted octanol–water partition coefficient (Wildman–Crippen LogP) is 3.84. The standard InChI is InChI=1S/C21H28N4O/c26-21(24-14-7-2-1-3-8-15-24)22-16-19-18-12-9-13-20(18)25(23-19)17-10-5-4-6-11-17/h4-6,10-11H,1-3,7-9,12-16H2,(H,22,26). The van der Waals surface area contributed by atoms with Crippen LogP contribution in [0.2, 0.25) is 0 Å². The number of hydrogen-bond acceptors (Lipinski definition) is 2. The summed E-state index contributed by atoms with van der Waals surface area (Å²) >= 11 is 0. The number of nitrogens with zero attached hydrogens (tertiary/aromatic N) is 3. The lowest BCUT2D eigenvalue weighted by atomic mass is 10.1. The molecule has 0 radical (unpaired) electrons. The Labute approximate surface area is 155 Å². The molecule has 0 saturated carbocycles. The lowest BCUT2D eigenvalue weighted by Crippen LogP contribution is -2.41. The molecule has 2 amide bonds. The SMILES string of the molecule is O=C(NCc1nn(-c2ccccc2)c2c1CCC2)N1CCCCCCC1. The normalized spacial score (nSPS) is 17.5. The van der Waals surface area contributed by atoms with E-state index in [1.165, 1.54) is 36.9 Å². The molecule has 0 bridgehead atoms. The molecule has 2 heterocycles. The summed E-state index contributed by atoms with van der Waals surface area (Å²) in [5.41, 5.74) is 4.78. The Morgan fingerprint density at radius 2 is 1.69 bits per heavy atom. The molecule has 4 rings (SSSR count). The highest BCUT2D eigenvalue weighted by molar-refractivity contribution is 5.74. The van der Waals surface area contributed by atoms with Gasteiger partial charge in [-0.2, -0.15) is 5.10 Å². The van der Waals surface area contributed by atoms with Crippen molar-refractivity contribution in [1.82, 2.24) is 20.0 Å². The number of rotatable bonds is 3. The van der Waals surface area contributed by atoms with Crippen LogP contribution in [0.4, 0.5) is 4.79 Å². The fourth-order valence-electron chi connectivity index (χ4n) is 4.16. The number of aromatic nitrogens is 2. The number of hydrogen-bond donors (Lipinski definition) is 1. The van der Waals surface area contributed by atoms with Crippen LogP contribution in [0, 0.1) is 0 Å². The monoisotopic (exact) mass is 352 g/mol. The van der Waals surface area contributed by atoms with Crippen molar-refractivity contribution in [2.24, 2.45) is 0 Å². The molecular formula is C21H28N4O. The molecule has 26 heavy (non-hydrogen) atoms. The molecule has 138 valence electrons. The van der Waals surface area contributed by atoms with Crippen molar-refractivity contribution in [2.75, 3.05) is 13.1 Å². The largest absolute Gasteiger partial charge is 0.332 e. The Hall–Kier alpha value is -2.30. The second kappa shape index (κ2) is 7.94. The third kappa shape index (κ3) is 3.62. The minimum atomic E-state index is 0.0629. The van der Waals surface area contributed by atoms with Crippen molar-refractivity contribution in [1.29, 1.82) is 0 Å². The highest BCUT2D eigenvalue weighted by atomic mass is 16.2. The van der Waals surface area contributed by atoms with Gasteiger partial charge in [0.2, 0.25) is 0 Å². The van der Waals surface area contributed by atoms with E-state index in [2.05, 4.69) is 22.1 Å². The summed E-state index contributed by atoms with van der Waals surface area (Å²) in [6.07, 6.45) is 9.31. The van der Waals surface area contributed by atoms with Crippen LogP contribution in [0.1, 0.15) is 55.5 Å². The molecule has 0 spiro atoms. The first-order chi connectivity index (χ1) is 12.8. The molecule has 0 atom stereocenters. The Kier molecular flexibility index (Phi) is 5.23. The van der Waals surface area contributed by atoms with E-state index >= 15 is 0 Å². The third-order valence-electron chi connectivity index (χ3n) is 5.56. The van der Waals surface area contributed by atoms with Crippen LogP contribution >= 0.6 is 0 Å². The first-order valence-electron chi connectivity index (χ1n) is 10.0. The number of amides is 2. The maximum Gasteiger partial charge on any atom is 0.317 e. The summed E-state index contributed by atoms with van der Waals surface area (Å²) in [5, 5.41) is 7.96. The second-order valence-electron chi connectivity index (χ2n) is 7.39. The molecule has 1 aromatic carbocycles. The summed E-state index contributed by atoms with van der Waals surface area (Å²) < 4.78 is 2.07. The minimum Gasteiger partial charge on any atom is -0.332 e. The Bertz CT molecular complexity index is 745. The van der Waals surface area contributed by atoms with Crippen LogP contribution < -0.4 is 5.32 Å². The molecule has 2 aromatic rings. The minimum absolute atomic E-state index is 0.0629. The number of fused-ring (bicyclic) bond motifs is 1. The van der Waals surface area contributed by atoms with E-state index in [0.717, 1.165) is 50.2 Å². The zero-order valence-corrected chi connectivity index (χ0v) is 15.4. The van der Waals surface area contributed by atoms with E-state index in [4.69, 9.17) is 5.10 Å². The van der Waals surface area contributed by atoms with E-state index in [-0.39, 0.29) is 6.03 Å². The topological polar surface area (TPSA) is 50.2 Å². The smallest absolute Gasteiger partial charge is 0.317 e. The van der Waals surface area contributed by atoms with Crippen molar-refractivity contribution < 1.29 is 4.79 Å². The van der Waals surface area contributed by atoms with Gasteiger partial charge in [-0.05, 0) is 49.8 Å². The van der Waals surface area contributed by atoms with Gasteiger partial charge in [0.1, 0.15) is 0 Å². The first kappa shape index (κ1) is 17.1. The summed E-state index contributed by atoms with van der Waals surface area (Å²) in [6.45, 7) is 2.28. The van der Waals surface area contributed by atoms with Crippen molar-refractivity contribution >= 4 is 6.03 Å². The average Bonchev–Trinajstić information content (AvgIpc) is 3.23. The number of urea groups is 1. The summed E-state index contributed by atoms with van der Waals surface area (Å²) in [5.74, 6) is 0. The van der Waals surface area contributed by atoms with Crippen LogP contribution in [0.15, 0.2) is 30.3 Å². The van der Waals surface area contributed by atoms with Gasteiger partial charge in [-0.3, -0.25) is 0 Å². The maximum atomic E-state index is 12.6. The van der Waals surface area contributed by atoms with Gasteiger partial charge in [-0.25, -0.2) is 9.48 Å². The summed E-state index contributed by atoms with van der Waals surface area (Å²) in [4.78, 5) is 14.6. The fourth-order valence-corrected chi connectivity index (χ4v) is 4.16. The lowest BCUT2D eigenvalue weighted by molar-refractivity contribution is 0.191. The van der Waals surface area contributed by atoms with E-state index in [1.807, 2.05) is 23.1 Å². The zero-order chi connectivity index (χ0) is 17.8. The molecule has 1 aromatic heterocycles. The molecule has 0 unspecified atom stereocenters. The number of para-hydroxylation sites is 1. The van der Waals surface area contributed by atoms with Crippen LogP contribution in [0.25, 0.3) is 5.69 Å². The highest BCUT2D eigenvalue weighted by Gasteiger charge is 2.24. The maximum absolute atomic E-state index is 12.6. The van der Waals surface area contributed by atoms with E-state index in [1.54, 1.807) is 0 Å².